The fraction of sp³-hybridized carbons (Fsp3) is 0.727. The zero-order chi connectivity index (χ0) is 10.9. The molecule has 1 aliphatic carbocycles. The van der Waals surface area contributed by atoms with Crippen LogP contribution in [0.2, 0.25) is 0 Å². The second kappa shape index (κ2) is 3.83. The fourth-order valence-corrected chi connectivity index (χ4v) is 2.01. The summed E-state index contributed by atoms with van der Waals surface area (Å²) in [4.78, 5) is 11.6. The first-order valence-corrected chi connectivity index (χ1v) is 4.81. The van der Waals surface area contributed by atoms with Gasteiger partial charge in [0.2, 0.25) is 0 Å². The molecule has 0 fully saturated rings. The Labute approximate surface area is 84.8 Å². The molecule has 0 saturated heterocycles. The van der Waals surface area contributed by atoms with Crippen molar-refractivity contribution in [1.82, 2.24) is 0 Å². The first-order valence-electron chi connectivity index (χ1n) is 4.81. The van der Waals surface area contributed by atoms with Crippen LogP contribution < -0.4 is 0 Å². The third-order valence-corrected chi connectivity index (χ3v) is 2.81. The van der Waals surface area contributed by atoms with Crippen LogP contribution in [0, 0.1) is 5.41 Å². The molecule has 2 unspecified atom stereocenters. The zero-order valence-electron chi connectivity index (χ0n) is 9.20. The van der Waals surface area contributed by atoms with E-state index < -0.39 is 6.10 Å². The molecule has 1 N–H and O–H groups in total. The van der Waals surface area contributed by atoms with Crippen LogP contribution in [0.4, 0.5) is 0 Å². The molecule has 0 saturated carbocycles. The van der Waals surface area contributed by atoms with Crippen molar-refractivity contribution in [3.63, 3.8) is 0 Å². The molecule has 3 nitrogen and oxygen atoms in total. The lowest BCUT2D eigenvalue weighted by Crippen LogP contribution is -2.39. The third-order valence-electron chi connectivity index (χ3n) is 2.81. The molecule has 0 spiro atoms. The van der Waals surface area contributed by atoms with Crippen LogP contribution in [0.3, 0.4) is 0 Å². The maximum Gasteiger partial charge on any atom is 0.158 e. The number of aliphatic hydroxyl groups excluding tert-OH is 1. The van der Waals surface area contributed by atoms with Gasteiger partial charge in [-0.2, -0.15) is 0 Å². The van der Waals surface area contributed by atoms with Gasteiger partial charge in [-0.1, -0.05) is 13.8 Å². The van der Waals surface area contributed by atoms with Crippen molar-refractivity contribution in [3.8, 4) is 0 Å². The average molecular weight is 198 g/mol. The maximum atomic E-state index is 11.6. The highest BCUT2D eigenvalue weighted by Crippen LogP contribution is 2.34. The lowest BCUT2D eigenvalue weighted by atomic mass is 9.80. The standard InChI is InChI=1S/C11H18O3/c1-7-5-8(12)10(14-4)11(2,3)6-9(7)13/h5,8,10,12H,6H2,1-4H3. The summed E-state index contributed by atoms with van der Waals surface area (Å²) in [6, 6.07) is 0. The number of rotatable bonds is 1. The largest absolute Gasteiger partial charge is 0.386 e. The Morgan fingerprint density at radius 2 is 2.14 bits per heavy atom. The molecule has 0 amide bonds. The van der Waals surface area contributed by atoms with Gasteiger partial charge in [0.25, 0.3) is 0 Å². The second-order valence-electron chi connectivity index (χ2n) is 4.59. The van der Waals surface area contributed by atoms with Gasteiger partial charge in [0.05, 0.1) is 12.2 Å². The van der Waals surface area contributed by atoms with Crippen LogP contribution in [-0.2, 0) is 9.53 Å². The lowest BCUT2D eigenvalue weighted by molar-refractivity contribution is -0.120. The lowest BCUT2D eigenvalue weighted by Gasteiger charge is -2.33. The highest BCUT2D eigenvalue weighted by Gasteiger charge is 2.38. The predicted octanol–water partition coefficient (Wildman–Crippen LogP) is 1.31. The Hall–Kier alpha value is -0.670. The van der Waals surface area contributed by atoms with E-state index in [2.05, 4.69) is 0 Å². The van der Waals surface area contributed by atoms with Crippen molar-refractivity contribution in [1.29, 1.82) is 0 Å². The molecule has 0 bridgehead atoms. The van der Waals surface area contributed by atoms with Gasteiger partial charge in [-0.05, 0) is 18.6 Å². The minimum atomic E-state index is -0.693. The number of hydrogen-bond donors (Lipinski definition) is 1. The van der Waals surface area contributed by atoms with E-state index in [1.54, 1.807) is 20.1 Å². The summed E-state index contributed by atoms with van der Waals surface area (Å²) in [6.07, 6.45) is 1.00. The monoisotopic (exact) mass is 198 g/mol. The van der Waals surface area contributed by atoms with Gasteiger partial charge in [-0.15, -0.1) is 0 Å². The van der Waals surface area contributed by atoms with Crippen molar-refractivity contribution in [3.05, 3.63) is 11.6 Å². The molecule has 0 radical (unpaired) electrons. The zero-order valence-corrected chi connectivity index (χ0v) is 9.20. The molecule has 0 heterocycles. The number of carbonyl (C=O) groups excluding carboxylic acids is 1. The van der Waals surface area contributed by atoms with Crippen molar-refractivity contribution in [2.24, 2.45) is 5.41 Å². The Bertz CT molecular complexity index is 266. The van der Waals surface area contributed by atoms with Crippen LogP contribution in [-0.4, -0.2) is 30.2 Å². The highest BCUT2D eigenvalue weighted by molar-refractivity contribution is 5.95. The summed E-state index contributed by atoms with van der Waals surface area (Å²) in [6.45, 7) is 5.61. The Balaban J connectivity index is 3.03. The number of allylic oxidation sites excluding steroid dienone is 1. The quantitative estimate of drug-likeness (QED) is 0.691. The van der Waals surface area contributed by atoms with Crippen LogP contribution >= 0.6 is 0 Å². The fourth-order valence-electron chi connectivity index (χ4n) is 2.01. The molecule has 3 heteroatoms. The number of methoxy groups -OCH3 is 1. The van der Waals surface area contributed by atoms with Crippen LogP contribution in [0.1, 0.15) is 27.2 Å². The van der Waals surface area contributed by atoms with Crippen LogP contribution in [0.25, 0.3) is 0 Å². The van der Waals surface area contributed by atoms with Crippen molar-refractivity contribution in [2.75, 3.05) is 7.11 Å². The van der Waals surface area contributed by atoms with E-state index in [0.29, 0.717) is 12.0 Å². The van der Waals surface area contributed by atoms with Crippen molar-refractivity contribution < 1.29 is 14.6 Å². The van der Waals surface area contributed by atoms with E-state index in [4.69, 9.17) is 4.74 Å². The van der Waals surface area contributed by atoms with Gasteiger partial charge in [0.15, 0.2) is 5.78 Å². The van der Waals surface area contributed by atoms with Gasteiger partial charge >= 0.3 is 0 Å². The van der Waals surface area contributed by atoms with E-state index in [0.717, 1.165) is 0 Å². The normalized spacial score (nSPS) is 32.4. The van der Waals surface area contributed by atoms with Crippen molar-refractivity contribution in [2.45, 2.75) is 39.4 Å². The SMILES string of the molecule is COC1C(O)C=C(C)C(=O)CC1(C)C. The minimum Gasteiger partial charge on any atom is -0.386 e. The molecule has 0 aliphatic heterocycles. The molecule has 1 aliphatic rings. The number of carbonyl (C=O) groups is 1. The highest BCUT2D eigenvalue weighted by atomic mass is 16.5. The van der Waals surface area contributed by atoms with Crippen LogP contribution in [0.15, 0.2) is 11.6 Å². The first-order chi connectivity index (χ1) is 6.38. The second-order valence-corrected chi connectivity index (χ2v) is 4.59. The van der Waals surface area contributed by atoms with E-state index in [1.165, 1.54) is 0 Å². The summed E-state index contributed by atoms with van der Waals surface area (Å²) >= 11 is 0. The smallest absolute Gasteiger partial charge is 0.158 e. The molecule has 0 aromatic carbocycles. The molecular weight excluding hydrogens is 180 g/mol. The van der Waals surface area contributed by atoms with Gasteiger partial charge < -0.3 is 9.84 Å². The molecule has 80 valence electrons. The van der Waals surface area contributed by atoms with E-state index in [1.807, 2.05) is 13.8 Å². The van der Waals surface area contributed by atoms with Crippen LogP contribution in [0.5, 0.6) is 0 Å². The van der Waals surface area contributed by atoms with Crippen molar-refractivity contribution >= 4 is 5.78 Å². The molecule has 0 aromatic heterocycles. The average Bonchev–Trinajstić information content (AvgIpc) is 2.08. The number of Topliss-reactive ketones (excluding diaryl/α,β-unsaturated/α-hetero) is 1. The number of ketones is 1. The molecule has 1 rings (SSSR count). The van der Waals surface area contributed by atoms with Gasteiger partial charge in [0.1, 0.15) is 0 Å². The predicted molar refractivity (Wildman–Crippen MR) is 54.0 cm³/mol. The third kappa shape index (κ3) is 2.04. The summed E-state index contributed by atoms with van der Waals surface area (Å²) in [5.41, 5.74) is 0.310. The summed E-state index contributed by atoms with van der Waals surface area (Å²) < 4.78 is 5.25. The molecular formula is C11H18O3. The number of aliphatic hydroxyl groups is 1. The summed E-state index contributed by atoms with van der Waals surface area (Å²) in [5, 5.41) is 9.82. The first kappa shape index (κ1) is 11.4. The van der Waals surface area contributed by atoms with Gasteiger partial charge in [0, 0.05) is 18.9 Å². The Morgan fingerprint density at radius 1 is 1.57 bits per heavy atom. The maximum absolute atomic E-state index is 11.6. The molecule has 14 heavy (non-hydrogen) atoms. The van der Waals surface area contributed by atoms with E-state index in [9.17, 15) is 9.90 Å². The Kier molecular flexibility index (Phi) is 3.12. The van der Waals surface area contributed by atoms with E-state index >= 15 is 0 Å². The summed E-state index contributed by atoms with van der Waals surface area (Å²) in [5.74, 6) is 0.0913. The summed E-state index contributed by atoms with van der Waals surface area (Å²) in [7, 11) is 1.56. The van der Waals surface area contributed by atoms with E-state index in [-0.39, 0.29) is 17.3 Å². The minimum absolute atomic E-state index is 0.0913. The number of ether oxygens (including phenoxy) is 1. The molecule has 2 atom stereocenters. The Morgan fingerprint density at radius 3 is 2.64 bits per heavy atom. The number of hydrogen-bond acceptors (Lipinski definition) is 3. The van der Waals surface area contributed by atoms with Gasteiger partial charge in [-0.3, -0.25) is 4.79 Å². The molecule has 0 aromatic rings. The van der Waals surface area contributed by atoms with Gasteiger partial charge in [-0.25, -0.2) is 0 Å². The topological polar surface area (TPSA) is 46.5 Å².